The predicted molar refractivity (Wildman–Crippen MR) is 101 cm³/mol. The molecule has 140 valence electrons. The van der Waals surface area contributed by atoms with Crippen LogP contribution >= 0.6 is 0 Å². The fourth-order valence-corrected chi connectivity index (χ4v) is 2.85. The molecular weight excluding hydrogens is 300 g/mol. The summed E-state index contributed by atoms with van der Waals surface area (Å²) in [6.45, 7) is 5.53. The molecule has 0 fully saturated rings. The summed E-state index contributed by atoms with van der Waals surface area (Å²) in [4.78, 5) is 22.1. The van der Waals surface area contributed by atoms with E-state index >= 15 is 0 Å². The quantitative estimate of drug-likeness (QED) is 0.131. The molecule has 0 amide bonds. The standard InChI is InChI=1S/C21H38O3/c1-3-5-6-7-8-9-10-11-12-13-14-15-16-17-18-19-21(23)24-20(22)4-2/h4H,2-3,5-19H2,1H3. The molecule has 0 heterocycles. The Labute approximate surface area is 149 Å². The molecule has 0 rings (SSSR count). The van der Waals surface area contributed by atoms with Gasteiger partial charge in [0, 0.05) is 12.5 Å². The molecule has 0 unspecified atom stereocenters. The van der Waals surface area contributed by atoms with Crippen molar-refractivity contribution in [1.29, 1.82) is 0 Å². The first-order chi connectivity index (χ1) is 11.7. The molecule has 0 aromatic heterocycles. The third-order valence-electron chi connectivity index (χ3n) is 4.37. The van der Waals surface area contributed by atoms with Gasteiger partial charge in [-0.1, -0.05) is 103 Å². The highest BCUT2D eigenvalue weighted by Gasteiger charge is 2.06. The van der Waals surface area contributed by atoms with Crippen molar-refractivity contribution in [1.82, 2.24) is 0 Å². The van der Waals surface area contributed by atoms with Gasteiger partial charge in [-0.25, -0.2) is 4.79 Å². The highest BCUT2D eigenvalue weighted by atomic mass is 16.6. The molecule has 0 aliphatic carbocycles. The predicted octanol–water partition coefficient (Wildman–Crippen LogP) is 6.50. The van der Waals surface area contributed by atoms with Crippen LogP contribution in [0.4, 0.5) is 0 Å². The molecule has 0 N–H and O–H groups in total. The number of ether oxygens (including phenoxy) is 1. The summed E-state index contributed by atoms with van der Waals surface area (Å²) in [5.74, 6) is -1.09. The molecule has 0 aliphatic rings. The number of rotatable bonds is 17. The third-order valence-corrected chi connectivity index (χ3v) is 4.37. The second kappa shape index (κ2) is 18.2. The molecule has 0 atom stereocenters. The zero-order valence-corrected chi connectivity index (χ0v) is 15.8. The SMILES string of the molecule is C=CC(=O)OC(=O)CCCCCCCCCCCCCCCCC. The van der Waals surface area contributed by atoms with Crippen molar-refractivity contribution in [2.45, 2.75) is 110 Å². The molecule has 0 aromatic rings. The van der Waals surface area contributed by atoms with Crippen LogP contribution in [0.15, 0.2) is 12.7 Å². The van der Waals surface area contributed by atoms with E-state index in [9.17, 15) is 9.59 Å². The molecule has 24 heavy (non-hydrogen) atoms. The molecular formula is C21H38O3. The molecule has 0 bridgehead atoms. The minimum atomic E-state index is -0.652. The molecule has 3 nitrogen and oxygen atoms in total. The number of carbonyl (C=O) groups is 2. The van der Waals surface area contributed by atoms with Gasteiger partial charge in [0.05, 0.1) is 0 Å². The van der Waals surface area contributed by atoms with Gasteiger partial charge < -0.3 is 4.74 Å². The molecule has 0 saturated carbocycles. The Bertz CT molecular complexity index is 323. The van der Waals surface area contributed by atoms with Crippen LogP contribution < -0.4 is 0 Å². The summed E-state index contributed by atoms with van der Waals surface area (Å²) in [7, 11) is 0. The first kappa shape index (κ1) is 22.9. The van der Waals surface area contributed by atoms with Gasteiger partial charge in [0.2, 0.25) is 0 Å². The lowest BCUT2D eigenvalue weighted by atomic mass is 10.0. The summed E-state index contributed by atoms with van der Waals surface area (Å²) in [6.07, 6.45) is 20.8. The van der Waals surface area contributed by atoms with Crippen LogP contribution in [0.2, 0.25) is 0 Å². The Morgan fingerprint density at radius 3 is 1.46 bits per heavy atom. The Balaban J connectivity index is 3.13. The number of unbranched alkanes of at least 4 members (excludes halogenated alkanes) is 14. The van der Waals surface area contributed by atoms with Crippen molar-refractivity contribution in [2.24, 2.45) is 0 Å². The lowest BCUT2D eigenvalue weighted by Gasteiger charge is -2.03. The average molecular weight is 339 g/mol. The van der Waals surface area contributed by atoms with Crippen LogP contribution in [0.5, 0.6) is 0 Å². The minimum absolute atomic E-state index is 0.331. The number of carbonyl (C=O) groups excluding carboxylic acids is 2. The van der Waals surface area contributed by atoms with Crippen molar-refractivity contribution in [2.75, 3.05) is 0 Å². The maximum Gasteiger partial charge on any atom is 0.337 e. The Morgan fingerprint density at radius 1 is 0.708 bits per heavy atom. The van der Waals surface area contributed by atoms with E-state index in [-0.39, 0.29) is 0 Å². The van der Waals surface area contributed by atoms with E-state index in [2.05, 4.69) is 18.2 Å². The van der Waals surface area contributed by atoms with E-state index in [4.69, 9.17) is 0 Å². The monoisotopic (exact) mass is 338 g/mol. The molecule has 0 aliphatic heterocycles. The first-order valence-corrected chi connectivity index (χ1v) is 10.1. The second-order valence-electron chi connectivity index (χ2n) is 6.70. The van der Waals surface area contributed by atoms with Crippen molar-refractivity contribution in [3.63, 3.8) is 0 Å². The number of hydrogen-bond donors (Lipinski definition) is 0. The maximum absolute atomic E-state index is 11.3. The third kappa shape index (κ3) is 17.2. The Morgan fingerprint density at radius 2 is 1.08 bits per heavy atom. The van der Waals surface area contributed by atoms with Gasteiger partial charge in [0.25, 0.3) is 0 Å². The second-order valence-corrected chi connectivity index (χ2v) is 6.70. The zero-order valence-electron chi connectivity index (χ0n) is 15.8. The van der Waals surface area contributed by atoms with Gasteiger partial charge >= 0.3 is 11.9 Å². The van der Waals surface area contributed by atoms with Crippen LogP contribution in [0, 0.1) is 0 Å². The molecule has 0 spiro atoms. The normalized spacial score (nSPS) is 10.5. The highest BCUT2D eigenvalue weighted by Crippen LogP contribution is 2.13. The summed E-state index contributed by atoms with van der Waals surface area (Å²) >= 11 is 0. The van der Waals surface area contributed by atoms with E-state index in [1.807, 2.05) is 0 Å². The Kier molecular flexibility index (Phi) is 17.4. The van der Waals surface area contributed by atoms with E-state index in [1.54, 1.807) is 0 Å². The van der Waals surface area contributed by atoms with Crippen molar-refractivity contribution >= 4 is 11.9 Å². The van der Waals surface area contributed by atoms with Crippen molar-refractivity contribution in [3.05, 3.63) is 12.7 Å². The molecule has 0 radical (unpaired) electrons. The van der Waals surface area contributed by atoms with Gasteiger partial charge in [-0.3, -0.25) is 4.79 Å². The Hall–Kier alpha value is -1.12. The van der Waals surface area contributed by atoms with Gasteiger partial charge in [-0.15, -0.1) is 0 Å². The first-order valence-electron chi connectivity index (χ1n) is 10.1. The van der Waals surface area contributed by atoms with Crippen LogP contribution in [-0.2, 0) is 14.3 Å². The van der Waals surface area contributed by atoms with E-state index in [0.717, 1.165) is 18.9 Å². The van der Waals surface area contributed by atoms with Crippen LogP contribution in [-0.4, -0.2) is 11.9 Å². The summed E-state index contributed by atoms with van der Waals surface area (Å²) in [6, 6.07) is 0. The topological polar surface area (TPSA) is 43.4 Å². The van der Waals surface area contributed by atoms with Gasteiger partial charge in [-0.2, -0.15) is 0 Å². The van der Waals surface area contributed by atoms with Crippen molar-refractivity contribution < 1.29 is 14.3 Å². The smallest absolute Gasteiger partial charge is 0.337 e. The highest BCUT2D eigenvalue weighted by molar-refractivity contribution is 5.91. The van der Waals surface area contributed by atoms with Crippen LogP contribution in [0.3, 0.4) is 0 Å². The van der Waals surface area contributed by atoms with Crippen LogP contribution in [0.1, 0.15) is 110 Å². The van der Waals surface area contributed by atoms with Crippen molar-refractivity contribution in [3.8, 4) is 0 Å². The largest absolute Gasteiger partial charge is 0.390 e. The molecule has 0 aromatic carbocycles. The van der Waals surface area contributed by atoms with Gasteiger partial charge in [-0.05, 0) is 6.42 Å². The number of hydrogen-bond acceptors (Lipinski definition) is 3. The summed E-state index contributed by atoms with van der Waals surface area (Å²) in [5.41, 5.74) is 0. The van der Waals surface area contributed by atoms with E-state index < -0.39 is 11.9 Å². The lowest BCUT2D eigenvalue weighted by Crippen LogP contribution is -2.09. The zero-order chi connectivity index (χ0) is 17.9. The number of esters is 2. The lowest BCUT2D eigenvalue weighted by molar-refractivity contribution is -0.156. The van der Waals surface area contributed by atoms with Gasteiger partial charge in [0.1, 0.15) is 0 Å². The molecule has 3 heteroatoms. The fourth-order valence-electron chi connectivity index (χ4n) is 2.85. The van der Waals surface area contributed by atoms with E-state index in [1.165, 1.54) is 83.5 Å². The summed E-state index contributed by atoms with van der Waals surface area (Å²) in [5, 5.41) is 0. The summed E-state index contributed by atoms with van der Waals surface area (Å²) < 4.78 is 4.52. The fraction of sp³-hybridized carbons (Fsp3) is 0.810. The van der Waals surface area contributed by atoms with Gasteiger partial charge in [0.15, 0.2) is 0 Å². The minimum Gasteiger partial charge on any atom is -0.390 e. The maximum atomic E-state index is 11.3. The van der Waals surface area contributed by atoms with Crippen LogP contribution in [0.25, 0.3) is 0 Å². The average Bonchev–Trinajstić information content (AvgIpc) is 2.58. The van der Waals surface area contributed by atoms with E-state index in [0.29, 0.717) is 6.42 Å². The molecule has 0 saturated heterocycles.